The molecule has 3 nitrogen and oxygen atoms in total. The van der Waals surface area contributed by atoms with Crippen molar-refractivity contribution in [1.82, 2.24) is 14.9 Å². The average Bonchev–Trinajstić information content (AvgIpc) is 3.07. The Balaban J connectivity index is 1.91. The summed E-state index contributed by atoms with van der Waals surface area (Å²) in [6.07, 6.45) is 3.33. The molecule has 0 aliphatic rings. The normalized spacial score (nSPS) is 11.3. The Morgan fingerprint density at radius 2 is 2.19 bits per heavy atom. The molecule has 0 spiro atoms. The summed E-state index contributed by atoms with van der Waals surface area (Å²) in [5.74, 6) is 0. The van der Waals surface area contributed by atoms with Crippen molar-refractivity contribution >= 4 is 22.2 Å². The van der Waals surface area contributed by atoms with Gasteiger partial charge in [0, 0.05) is 23.8 Å². The van der Waals surface area contributed by atoms with E-state index in [9.17, 15) is 0 Å². The summed E-state index contributed by atoms with van der Waals surface area (Å²) in [4.78, 5) is 4.58. The highest BCUT2D eigenvalue weighted by atomic mass is 32.1. The summed E-state index contributed by atoms with van der Waals surface area (Å²) < 4.78 is 2.32. The van der Waals surface area contributed by atoms with Crippen LogP contribution in [0.1, 0.15) is 29.6 Å². The molecule has 2 aromatic heterocycles. The van der Waals surface area contributed by atoms with Crippen molar-refractivity contribution in [3.8, 4) is 0 Å². The molecule has 2 heterocycles. The Morgan fingerprint density at radius 3 is 2.95 bits per heavy atom. The van der Waals surface area contributed by atoms with Crippen molar-refractivity contribution in [2.75, 3.05) is 6.54 Å². The van der Waals surface area contributed by atoms with Gasteiger partial charge in [-0.2, -0.15) is 0 Å². The molecular formula is C17H21N3S. The van der Waals surface area contributed by atoms with Gasteiger partial charge in [-0.1, -0.05) is 25.1 Å². The van der Waals surface area contributed by atoms with E-state index in [1.807, 2.05) is 6.92 Å². The standard InChI is InChI=1S/C17H21N3S/c1-3-8-18-10-15-6-4-5-14-7-9-20(17(14)15)11-16-19-13(2)12-21-16/h4-7,9,12,18H,3,8,10-11H2,1-2H3. The van der Waals surface area contributed by atoms with Gasteiger partial charge in [0.2, 0.25) is 0 Å². The molecule has 0 atom stereocenters. The van der Waals surface area contributed by atoms with Crippen LogP contribution in [0.3, 0.4) is 0 Å². The fourth-order valence-electron chi connectivity index (χ4n) is 2.64. The molecule has 1 N–H and O–H groups in total. The molecule has 0 radical (unpaired) electrons. The van der Waals surface area contributed by atoms with Crippen LogP contribution < -0.4 is 5.32 Å². The summed E-state index contributed by atoms with van der Waals surface area (Å²) in [5, 5.41) is 8.09. The van der Waals surface area contributed by atoms with Crippen LogP contribution in [0.2, 0.25) is 0 Å². The monoisotopic (exact) mass is 299 g/mol. The second-order valence-corrected chi connectivity index (χ2v) is 6.30. The molecule has 0 saturated heterocycles. The molecule has 0 aliphatic carbocycles. The van der Waals surface area contributed by atoms with E-state index in [2.05, 4.69) is 57.6 Å². The number of nitrogens with one attached hydrogen (secondary N) is 1. The van der Waals surface area contributed by atoms with E-state index in [4.69, 9.17) is 0 Å². The van der Waals surface area contributed by atoms with E-state index < -0.39 is 0 Å². The van der Waals surface area contributed by atoms with Crippen LogP contribution in [0.15, 0.2) is 35.8 Å². The molecule has 0 unspecified atom stereocenters. The number of aromatic nitrogens is 2. The van der Waals surface area contributed by atoms with E-state index in [0.29, 0.717) is 0 Å². The van der Waals surface area contributed by atoms with Gasteiger partial charge in [-0.25, -0.2) is 4.98 Å². The number of aryl methyl sites for hydroxylation is 1. The maximum Gasteiger partial charge on any atom is 0.113 e. The molecule has 0 amide bonds. The van der Waals surface area contributed by atoms with Crippen molar-refractivity contribution in [1.29, 1.82) is 0 Å². The molecule has 21 heavy (non-hydrogen) atoms. The predicted molar refractivity (Wildman–Crippen MR) is 89.9 cm³/mol. The van der Waals surface area contributed by atoms with Gasteiger partial charge in [0.05, 0.1) is 12.1 Å². The molecule has 3 aromatic rings. The van der Waals surface area contributed by atoms with Crippen molar-refractivity contribution in [3.63, 3.8) is 0 Å². The largest absolute Gasteiger partial charge is 0.340 e. The molecule has 0 bridgehead atoms. The third-order valence-corrected chi connectivity index (χ3v) is 4.54. The fourth-order valence-corrected chi connectivity index (χ4v) is 3.41. The van der Waals surface area contributed by atoms with E-state index in [1.54, 1.807) is 11.3 Å². The second-order valence-electron chi connectivity index (χ2n) is 5.36. The fraction of sp³-hybridized carbons (Fsp3) is 0.353. The number of nitrogens with zero attached hydrogens (tertiary/aromatic N) is 2. The van der Waals surface area contributed by atoms with Gasteiger partial charge in [-0.15, -0.1) is 11.3 Å². The Kier molecular flexibility index (Phi) is 4.36. The van der Waals surface area contributed by atoms with Gasteiger partial charge in [0.1, 0.15) is 5.01 Å². The lowest BCUT2D eigenvalue weighted by atomic mass is 10.1. The molecule has 4 heteroatoms. The van der Waals surface area contributed by atoms with Crippen molar-refractivity contribution < 1.29 is 0 Å². The summed E-state index contributed by atoms with van der Waals surface area (Å²) in [6, 6.07) is 8.74. The van der Waals surface area contributed by atoms with Crippen LogP contribution in [-0.4, -0.2) is 16.1 Å². The lowest BCUT2D eigenvalue weighted by Gasteiger charge is -2.09. The number of hydrogen-bond donors (Lipinski definition) is 1. The van der Waals surface area contributed by atoms with Gasteiger partial charge < -0.3 is 9.88 Å². The number of hydrogen-bond acceptors (Lipinski definition) is 3. The first-order valence-corrected chi connectivity index (χ1v) is 8.34. The highest BCUT2D eigenvalue weighted by molar-refractivity contribution is 7.09. The van der Waals surface area contributed by atoms with Gasteiger partial charge in [0.15, 0.2) is 0 Å². The summed E-state index contributed by atoms with van der Waals surface area (Å²) in [7, 11) is 0. The number of para-hydroxylation sites is 1. The van der Waals surface area contributed by atoms with Crippen LogP contribution in [-0.2, 0) is 13.1 Å². The van der Waals surface area contributed by atoms with Gasteiger partial charge in [0.25, 0.3) is 0 Å². The quantitative estimate of drug-likeness (QED) is 0.698. The number of fused-ring (bicyclic) bond motifs is 1. The topological polar surface area (TPSA) is 29.9 Å². The lowest BCUT2D eigenvalue weighted by Crippen LogP contribution is -2.14. The molecule has 0 fully saturated rings. The van der Waals surface area contributed by atoms with E-state index in [0.717, 1.165) is 31.7 Å². The zero-order valence-electron chi connectivity index (χ0n) is 12.6. The highest BCUT2D eigenvalue weighted by Crippen LogP contribution is 2.22. The summed E-state index contributed by atoms with van der Waals surface area (Å²) in [5.41, 5.74) is 3.80. The number of benzene rings is 1. The Labute approximate surface area is 129 Å². The second kappa shape index (κ2) is 6.41. The zero-order valence-corrected chi connectivity index (χ0v) is 13.4. The van der Waals surface area contributed by atoms with Gasteiger partial charge >= 0.3 is 0 Å². The first-order valence-electron chi connectivity index (χ1n) is 7.46. The average molecular weight is 299 g/mol. The van der Waals surface area contributed by atoms with Crippen molar-refractivity contribution in [2.24, 2.45) is 0 Å². The van der Waals surface area contributed by atoms with Crippen LogP contribution >= 0.6 is 11.3 Å². The highest BCUT2D eigenvalue weighted by Gasteiger charge is 2.08. The molecular weight excluding hydrogens is 278 g/mol. The van der Waals surface area contributed by atoms with Crippen molar-refractivity contribution in [3.05, 3.63) is 52.1 Å². The minimum absolute atomic E-state index is 0.854. The third-order valence-electron chi connectivity index (χ3n) is 3.59. The van der Waals surface area contributed by atoms with Crippen LogP contribution in [0.4, 0.5) is 0 Å². The van der Waals surface area contributed by atoms with Crippen LogP contribution in [0.5, 0.6) is 0 Å². The molecule has 0 aliphatic heterocycles. The first-order chi connectivity index (χ1) is 10.3. The predicted octanol–water partition coefficient (Wildman–Crippen LogP) is 3.95. The van der Waals surface area contributed by atoms with Crippen LogP contribution in [0.25, 0.3) is 10.9 Å². The lowest BCUT2D eigenvalue weighted by molar-refractivity contribution is 0.675. The Bertz CT molecular complexity index is 727. The minimum atomic E-state index is 0.854. The number of rotatable bonds is 6. The van der Waals surface area contributed by atoms with Gasteiger partial charge in [-0.3, -0.25) is 0 Å². The smallest absolute Gasteiger partial charge is 0.113 e. The summed E-state index contributed by atoms with van der Waals surface area (Å²) in [6.45, 7) is 7.08. The maximum atomic E-state index is 4.58. The van der Waals surface area contributed by atoms with Gasteiger partial charge in [-0.05, 0) is 36.9 Å². The minimum Gasteiger partial charge on any atom is -0.340 e. The first kappa shape index (κ1) is 14.3. The molecule has 110 valence electrons. The number of thiazole rings is 1. The molecule has 3 rings (SSSR count). The van der Waals surface area contributed by atoms with E-state index in [-0.39, 0.29) is 0 Å². The SMILES string of the molecule is CCCNCc1cccc2ccn(Cc3nc(C)cs3)c12. The van der Waals surface area contributed by atoms with Crippen LogP contribution in [0, 0.1) is 6.92 Å². The Hall–Kier alpha value is -1.65. The van der Waals surface area contributed by atoms with E-state index >= 15 is 0 Å². The molecule has 1 aromatic carbocycles. The Morgan fingerprint density at radius 1 is 1.29 bits per heavy atom. The maximum absolute atomic E-state index is 4.58. The summed E-state index contributed by atoms with van der Waals surface area (Å²) >= 11 is 1.74. The van der Waals surface area contributed by atoms with E-state index in [1.165, 1.54) is 21.5 Å². The third kappa shape index (κ3) is 3.17. The molecule has 0 saturated carbocycles. The zero-order chi connectivity index (χ0) is 14.7. The van der Waals surface area contributed by atoms with Crippen molar-refractivity contribution in [2.45, 2.75) is 33.4 Å².